The molecule has 2 rings (SSSR count). The second-order valence-electron chi connectivity index (χ2n) is 3.80. The van der Waals surface area contributed by atoms with Crippen molar-refractivity contribution in [3.63, 3.8) is 0 Å². The summed E-state index contributed by atoms with van der Waals surface area (Å²) in [6.07, 6.45) is 1.65. The maximum Gasteiger partial charge on any atom is 0.141 e. The molecule has 7 heteroatoms. The molecule has 2 aromatic rings. The molecule has 0 fully saturated rings. The van der Waals surface area contributed by atoms with E-state index in [9.17, 15) is 4.39 Å². The van der Waals surface area contributed by atoms with Crippen molar-refractivity contribution >= 4 is 11.6 Å². The molecule has 0 spiro atoms. The number of hydrogen-bond donors (Lipinski definition) is 0. The van der Waals surface area contributed by atoms with Gasteiger partial charge in [-0.15, -0.1) is 5.10 Å². The molecule has 1 aromatic carbocycles. The van der Waals surface area contributed by atoms with Gasteiger partial charge in [-0.25, -0.2) is 9.07 Å². The summed E-state index contributed by atoms with van der Waals surface area (Å²) in [6, 6.07) is 4.10. The molecular weight excluding hydrogens is 273 g/mol. The number of methoxy groups -OCH3 is 1. The number of ether oxygens (including phenoxy) is 2. The average molecular weight is 286 g/mol. The molecule has 0 radical (unpaired) electrons. The molecule has 0 aliphatic rings. The van der Waals surface area contributed by atoms with Gasteiger partial charge in [0.1, 0.15) is 18.2 Å². The Bertz CT molecular complexity index is 548. The Morgan fingerprint density at radius 2 is 2.21 bits per heavy atom. The zero-order chi connectivity index (χ0) is 13.7. The predicted octanol–water partition coefficient (Wildman–Crippen LogP) is 2.36. The van der Waals surface area contributed by atoms with Crippen LogP contribution in [0.2, 0.25) is 5.02 Å². The summed E-state index contributed by atoms with van der Waals surface area (Å²) in [6.45, 7) is 1.23. The number of benzene rings is 1. The van der Waals surface area contributed by atoms with Crippen molar-refractivity contribution in [1.29, 1.82) is 0 Å². The first-order chi connectivity index (χ1) is 9.20. The summed E-state index contributed by atoms with van der Waals surface area (Å²) < 4.78 is 24.8. The van der Waals surface area contributed by atoms with E-state index >= 15 is 0 Å². The van der Waals surface area contributed by atoms with Crippen LogP contribution in [0.3, 0.4) is 0 Å². The molecule has 0 N–H and O–H groups in total. The van der Waals surface area contributed by atoms with Crippen LogP contribution in [0.25, 0.3) is 11.3 Å². The highest BCUT2D eigenvalue weighted by atomic mass is 35.5. The van der Waals surface area contributed by atoms with Crippen molar-refractivity contribution in [3.8, 4) is 11.3 Å². The highest BCUT2D eigenvalue weighted by molar-refractivity contribution is 6.33. The zero-order valence-corrected chi connectivity index (χ0v) is 11.1. The van der Waals surface area contributed by atoms with Crippen molar-refractivity contribution in [1.82, 2.24) is 15.0 Å². The van der Waals surface area contributed by atoms with Gasteiger partial charge in [0.25, 0.3) is 0 Å². The number of hydrogen-bond acceptors (Lipinski definition) is 4. The van der Waals surface area contributed by atoms with E-state index in [1.807, 2.05) is 0 Å². The second kappa shape index (κ2) is 6.60. The number of rotatable bonds is 6. The fraction of sp³-hybridized carbons (Fsp3) is 0.333. The minimum atomic E-state index is -0.370. The summed E-state index contributed by atoms with van der Waals surface area (Å²) in [5.41, 5.74) is 1.00. The van der Waals surface area contributed by atoms with E-state index in [4.69, 9.17) is 21.1 Å². The van der Waals surface area contributed by atoms with E-state index in [1.165, 1.54) is 22.9 Å². The van der Waals surface area contributed by atoms with Gasteiger partial charge in [0.2, 0.25) is 0 Å². The van der Waals surface area contributed by atoms with Crippen LogP contribution in [-0.4, -0.2) is 35.3 Å². The molecule has 102 valence electrons. The Kier molecular flexibility index (Phi) is 4.84. The van der Waals surface area contributed by atoms with E-state index in [2.05, 4.69) is 10.3 Å². The van der Waals surface area contributed by atoms with E-state index in [-0.39, 0.29) is 12.5 Å². The molecule has 1 aromatic heterocycles. The molecule has 0 saturated heterocycles. The van der Waals surface area contributed by atoms with E-state index < -0.39 is 0 Å². The van der Waals surface area contributed by atoms with E-state index in [1.54, 1.807) is 13.3 Å². The third kappa shape index (κ3) is 3.73. The topological polar surface area (TPSA) is 49.2 Å². The first-order valence-electron chi connectivity index (χ1n) is 5.63. The van der Waals surface area contributed by atoms with Crippen LogP contribution < -0.4 is 0 Å². The minimum Gasteiger partial charge on any atom is -0.382 e. The SMILES string of the molecule is COCCOCn1cc(-c2cc(F)ccc2Cl)nn1. The maximum atomic E-state index is 13.2. The van der Waals surface area contributed by atoms with Gasteiger partial charge in [-0.1, -0.05) is 16.8 Å². The molecular formula is C12H13ClFN3O2. The second-order valence-corrected chi connectivity index (χ2v) is 4.20. The van der Waals surface area contributed by atoms with Gasteiger partial charge in [-0.05, 0) is 18.2 Å². The lowest BCUT2D eigenvalue weighted by molar-refractivity contribution is 0.0281. The zero-order valence-electron chi connectivity index (χ0n) is 10.3. The predicted molar refractivity (Wildman–Crippen MR) is 68.3 cm³/mol. The van der Waals surface area contributed by atoms with Gasteiger partial charge >= 0.3 is 0 Å². The van der Waals surface area contributed by atoms with E-state index in [0.29, 0.717) is 29.5 Å². The molecule has 0 aliphatic carbocycles. The van der Waals surface area contributed by atoms with Crippen LogP contribution in [-0.2, 0) is 16.2 Å². The Hall–Kier alpha value is -1.50. The summed E-state index contributed by atoms with van der Waals surface area (Å²) in [5.74, 6) is -0.370. The highest BCUT2D eigenvalue weighted by Gasteiger charge is 2.09. The van der Waals surface area contributed by atoms with Gasteiger partial charge in [-0.2, -0.15) is 0 Å². The van der Waals surface area contributed by atoms with Crippen molar-refractivity contribution in [2.24, 2.45) is 0 Å². The fourth-order valence-electron chi connectivity index (χ4n) is 1.48. The lowest BCUT2D eigenvalue weighted by Gasteiger charge is -2.02. The first-order valence-corrected chi connectivity index (χ1v) is 6.00. The molecule has 0 unspecified atom stereocenters. The normalized spacial score (nSPS) is 10.9. The van der Waals surface area contributed by atoms with Crippen molar-refractivity contribution in [2.45, 2.75) is 6.73 Å². The lowest BCUT2D eigenvalue weighted by Crippen LogP contribution is -2.07. The number of nitrogens with zero attached hydrogens (tertiary/aromatic N) is 3. The largest absolute Gasteiger partial charge is 0.382 e. The third-order valence-corrected chi connectivity index (χ3v) is 2.73. The van der Waals surface area contributed by atoms with Gasteiger partial charge < -0.3 is 9.47 Å². The molecule has 0 aliphatic heterocycles. The molecule has 5 nitrogen and oxygen atoms in total. The van der Waals surface area contributed by atoms with E-state index in [0.717, 1.165) is 0 Å². The van der Waals surface area contributed by atoms with Gasteiger partial charge in [-0.3, -0.25) is 0 Å². The van der Waals surface area contributed by atoms with Crippen LogP contribution in [0.4, 0.5) is 4.39 Å². The standard InChI is InChI=1S/C12H13ClFN3O2/c1-18-4-5-19-8-17-7-12(15-16-17)10-6-9(14)2-3-11(10)13/h2-3,6-7H,4-5,8H2,1H3. The summed E-state index contributed by atoms with van der Waals surface area (Å²) >= 11 is 5.99. The molecule has 0 bridgehead atoms. The van der Waals surface area contributed by atoms with Gasteiger partial charge in [0, 0.05) is 12.7 Å². The van der Waals surface area contributed by atoms with Crippen molar-refractivity contribution < 1.29 is 13.9 Å². The molecule has 0 atom stereocenters. The quantitative estimate of drug-likeness (QED) is 0.765. The Labute approximate surface area is 114 Å². The monoisotopic (exact) mass is 285 g/mol. The fourth-order valence-corrected chi connectivity index (χ4v) is 1.69. The van der Waals surface area contributed by atoms with Crippen molar-refractivity contribution in [2.75, 3.05) is 20.3 Å². The van der Waals surface area contributed by atoms with Crippen LogP contribution in [0, 0.1) is 5.82 Å². The molecule has 1 heterocycles. The highest BCUT2D eigenvalue weighted by Crippen LogP contribution is 2.26. The maximum absolute atomic E-state index is 13.2. The average Bonchev–Trinajstić information content (AvgIpc) is 2.86. The first kappa shape index (κ1) is 13.9. The van der Waals surface area contributed by atoms with Crippen molar-refractivity contribution in [3.05, 3.63) is 35.2 Å². The summed E-state index contributed by atoms with van der Waals surface area (Å²) in [5, 5.41) is 8.24. The lowest BCUT2D eigenvalue weighted by atomic mass is 10.2. The van der Waals surface area contributed by atoms with Crippen LogP contribution >= 0.6 is 11.6 Å². The summed E-state index contributed by atoms with van der Waals surface area (Å²) in [4.78, 5) is 0. The number of halogens is 2. The molecule has 0 amide bonds. The van der Waals surface area contributed by atoms with Crippen LogP contribution in [0.1, 0.15) is 0 Å². The van der Waals surface area contributed by atoms with Gasteiger partial charge in [0.05, 0.1) is 24.4 Å². The Morgan fingerprint density at radius 3 is 3.00 bits per heavy atom. The van der Waals surface area contributed by atoms with Gasteiger partial charge in [0.15, 0.2) is 0 Å². The summed E-state index contributed by atoms with van der Waals surface area (Å²) in [7, 11) is 1.60. The smallest absolute Gasteiger partial charge is 0.141 e. The van der Waals surface area contributed by atoms with Crippen LogP contribution in [0.15, 0.2) is 24.4 Å². The minimum absolute atomic E-state index is 0.253. The number of aromatic nitrogens is 3. The molecule has 19 heavy (non-hydrogen) atoms. The molecule has 0 saturated carbocycles. The third-order valence-electron chi connectivity index (χ3n) is 2.40. The Morgan fingerprint density at radius 1 is 1.37 bits per heavy atom. The van der Waals surface area contributed by atoms with Crippen LogP contribution in [0.5, 0.6) is 0 Å². The Balaban J connectivity index is 2.06.